The second kappa shape index (κ2) is 5.38. The van der Waals surface area contributed by atoms with Crippen molar-refractivity contribution in [3.05, 3.63) is 48.0 Å². The molecule has 0 saturated carbocycles. The zero-order chi connectivity index (χ0) is 10.4. The van der Waals surface area contributed by atoms with Crippen molar-refractivity contribution in [3.8, 4) is 0 Å². The highest BCUT2D eigenvalue weighted by Gasteiger charge is 2.08. The van der Waals surface area contributed by atoms with Crippen LogP contribution in [0.25, 0.3) is 0 Å². The Kier molecular flexibility index (Phi) is 4.11. The number of nitrogens with zero attached hydrogens (tertiary/aromatic N) is 1. The summed E-state index contributed by atoms with van der Waals surface area (Å²) >= 11 is 0. The van der Waals surface area contributed by atoms with Crippen molar-refractivity contribution in [2.75, 3.05) is 7.05 Å². The summed E-state index contributed by atoms with van der Waals surface area (Å²) in [6, 6.07) is 10.4. The molecule has 0 heterocycles. The predicted molar refractivity (Wildman–Crippen MR) is 63.0 cm³/mol. The molecule has 1 unspecified atom stereocenters. The van der Waals surface area contributed by atoms with Crippen LogP contribution in [0.15, 0.2) is 47.5 Å². The molecule has 1 heteroatoms. The lowest BCUT2D eigenvalue weighted by Gasteiger charge is -2.11. The first-order valence-electron chi connectivity index (χ1n) is 4.94. The third-order valence-electron chi connectivity index (χ3n) is 2.34. The number of allylic oxidation sites excluding steroid dienone is 2. The SMILES string of the molecule is C/C=C\C(=NC)C(C)c1ccccc1. The van der Waals surface area contributed by atoms with Crippen molar-refractivity contribution in [1.82, 2.24) is 0 Å². The highest BCUT2D eigenvalue weighted by atomic mass is 14.7. The zero-order valence-electron chi connectivity index (χ0n) is 9.07. The molecule has 0 saturated heterocycles. The molecule has 0 aliphatic carbocycles. The van der Waals surface area contributed by atoms with Crippen LogP contribution >= 0.6 is 0 Å². The minimum absolute atomic E-state index is 0.373. The molecule has 14 heavy (non-hydrogen) atoms. The van der Waals surface area contributed by atoms with Gasteiger partial charge in [0, 0.05) is 18.7 Å². The molecule has 0 amide bonds. The van der Waals surface area contributed by atoms with Crippen LogP contribution in [0, 0.1) is 0 Å². The summed E-state index contributed by atoms with van der Waals surface area (Å²) in [5, 5.41) is 0. The van der Waals surface area contributed by atoms with E-state index in [4.69, 9.17) is 0 Å². The van der Waals surface area contributed by atoms with E-state index < -0.39 is 0 Å². The normalized spacial score (nSPS) is 14.6. The van der Waals surface area contributed by atoms with Gasteiger partial charge in [-0.1, -0.05) is 43.3 Å². The molecular weight excluding hydrogens is 170 g/mol. The van der Waals surface area contributed by atoms with Gasteiger partial charge in [0.05, 0.1) is 0 Å². The summed E-state index contributed by atoms with van der Waals surface area (Å²) in [6.45, 7) is 4.20. The van der Waals surface area contributed by atoms with Crippen LogP contribution in [0.5, 0.6) is 0 Å². The van der Waals surface area contributed by atoms with Gasteiger partial charge in [0.15, 0.2) is 0 Å². The Bertz CT molecular complexity index is 322. The van der Waals surface area contributed by atoms with Gasteiger partial charge in [-0.2, -0.15) is 0 Å². The van der Waals surface area contributed by atoms with E-state index in [1.54, 1.807) is 0 Å². The van der Waals surface area contributed by atoms with E-state index in [1.165, 1.54) is 5.56 Å². The highest BCUT2D eigenvalue weighted by Crippen LogP contribution is 2.17. The summed E-state index contributed by atoms with van der Waals surface area (Å²) in [4.78, 5) is 4.28. The van der Waals surface area contributed by atoms with Crippen LogP contribution in [-0.4, -0.2) is 12.8 Å². The van der Waals surface area contributed by atoms with Gasteiger partial charge in [0.1, 0.15) is 0 Å². The molecule has 1 rings (SSSR count). The van der Waals surface area contributed by atoms with E-state index >= 15 is 0 Å². The third kappa shape index (κ3) is 2.56. The van der Waals surface area contributed by atoms with Crippen LogP contribution in [-0.2, 0) is 0 Å². The second-order valence-electron chi connectivity index (χ2n) is 3.28. The second-order valence-corrected chi connectivity index (χ2v) is 3.28. The van der Waals surface area contributed by atoms with Gasteiger partial charge in [-0.25, -0.2) is 0 Å². The summed E-state index contributed by atoms with van der Waals surface area (Å²) < 4.78 is 0. The molecule has 1 aromatic rings. The van der Waals surface area contributed by atoms with Gasteiger partial charge in [0.25, 0.3) is 0 Å². The van der Waals surface area contributed by atoms with E-state index in [9.17, 15) is 0 Å². The van der Waals surface area contributed by atoms with Crippen molar-refractivity contribution in [3.63, 3.8) is 0 Å². The Hall–Kier alpha value is -1.37. The molecule has 0 spiro atoms. The average molecular weight is 187 g/mol. The summed E-state index contributed by atoms with van der Waals surface area (Å²) in [6.07, 6.45) is 4.10. The van der Waals surface area contributed by atoms with Crippen molar-refractivity contribution in [2.45, 2.75) is 19.8 Å². The van der Waals surface area contributed by atoms with E-state index in [2.05, 4.69) is 42.3 Å². The quantitative estimate of drug-likeness (QED) is 0.643. The molecule has 0 N–H and O–H groups in total. The van der Waals surface area contributed by atoms with Crippen LogP contribution in [0.1, 0.15) is 25.3 Å². The fourth-order valence-electron chi connectivity index (χ4n) is 1.50. The smallest absolute Gasteiger partial charge is 0.0413 e. The minimum atomic E-state index is 0.373. The van der Waals surface area contributed by atoms with E-state index in [0.29, 0.717) is 5.92 Å². The lowest BCUT2D eigenvalue weighted by Crippen LogP contribution is -2.06. The highest BCUT2D eigenvalue weighted by molar-refractivity contribution is 5.99. The molecule has 0 aliphatic rings. The Morgan fingerprint density at radius 1 is 1.29 bits per heavy atom. The van der Waals surface area contributed by atoms with Crippen LogP contribution < -0.4 is 0 Å². The molecule has 0 aromatic heterocycles. The maximum Gasteiger partial charge on any atom is 0.0413 e. The number of rotatable bonds is 3. The Balaban J connectivity index is 2.89. The topological polar surface area (TPSA) is 12.4 Å². The van der Waals surface area contributed by atoms with E-state index in [0.717, 1.165) is 5.71 Å². The van der Waals surface area contributed by atoms with Gasteiger partial charge in [0.2, 0.25) is 0 Å². The summed E-state index contributed by atoms with van der Waals surface area (Å²) in [5.41, 5.74) is 2.44. The minimum Gasteiger partial charge on any atom is -0.292 e. The maximum atomic E-state index is 4.28. The molecular formula is C13H17N. The van der Waals surface area contributed by atoms with Crippen molar-refractivity contribution < 1.29 is 0 Å². The monoisotopic (exact) mass is 187 g/mol. The van der Waals surface area contributed by atoms with Gasteiger partial charge in [-0.3, -0.25) is 4.99 Å². The first-order chi connectivity index (χ1) is 6.79. The van der Waals surface area contributed by atoms with Gasteiger partial charge in [-0.05, 0) is 18.6 Å². The molecule has 0 radical (unpaired) electrons. The van der Waals surface area contributed by atoms with Crippen molar-refractivity contribution >= 4 is 5.71 Å². The predicted octanol–water partition coefficient (Wildman–Crippen LogP) is 3.44. The number of hydrogen-bond donors (Lipinski definition) is 0. The number of benzene rings is 1. The molecule has 1 nitrogen and oxygen atoms in total. The standard InChI is InChI=1S/C13H17N/c1-4-8-13(14-3)11(2)12-9-6-5-7-10-12/h4-11H,1-3H3/b8-4-,14-13?. The Morgan fingerprint density at radius 2 is 1.93 bits per heavy atom. The Labute approximate surface area is 86.2 Å². The average Bonchev–Trinajstić information content (AvgIpc) is 2.26. The van der Waals surface area contributed by atoms with Crippen molar-refractivity contribution in [1.29, 1.82) is 0 Å². The first kappa shape index (κ1) is 10.7. The summed E-state index contributed by atoms with van der Waals surface area (Å²) in [5.74, 6) is 0.373. The lowest BCUT2D eigenvalue weighted by molar-refractivity contribution is 1.02. The van der Waals surface area contributed by atoms with Crippen LogP contribution in [0.4, 0.5) is 0 Å². The largest absolute Gasteiger partial charge is 0.292 e. The van der Waals surface area contributed by atoms with Crippen LogP contribution in [0.3, 0.4) is 0 Å². The molecule has 0 bridgehead atoms. The lowest BCUT2D eigenvalue weighted by atomic mass is 9.96. The number of hydrogen-bond acceptors (Lipinski definition) is 1. The maximum absolute atomic E-state index is 4.28. The zero-order valence-corrected chi connectivity index (χ0v) is 9.07. The molecule has 74 valence electrons. The molecule has 1 aromatic carbocycles. The fraction of sp³-hybridized carbons (Fsp3) is 0.308. The fourth-order valence-corrected chi connectivity index (χ4v) is 1.50. The van der Waals surface area contributed by atoms with Gasteiger partial charge >= 0.3 is 0 Å². The molecule has 0 aliphatic heterocycles. The van der Waals surface area contributed by atoms with Gasteiger partial charge < -0.3 is 0 Å². The Morgan fingerprint density at radius 3 is 2.43 bits per heavy atom. The van der Waals surface area contributed by atoms with E-state index in [1.807, 2.05) is 26.1 Å². The first-order valence-corrected chi connectivity index (χ1v) is 4.94. The van der Waals surface area contributed by atoms with E-state index in [-0.39, 0.29) is 0 Å². The number of aliphatic imine (C=N–C) groups is 1. The third-order valence-corrected chi connectivity index (χ3v) is 2.34. The van der Waals surface area contributed by atoms with Crippen LogP contribution in [0.2, 0.25) is 0 Å². The summed E-state index contributed by atoms with van der Waals surface area (Å²) in [7, 11) is 1.84. The van der Waals surface area contributed by atoms with Gasteiger partial charge in [-0.15, -0.1) is 0 Å². The van der Waals surface area contributed by atoms with Crippen molar-refractivity contribution in [2.24, 2.45) is 4.99 Å². The molecule has 0 fully saturated rings. The molecule has 1 atom stereocenters.